The van der Waals surface area contributed by atoms with E-state index in [0.717, 1.165) is 77.9 Å². The van der Waals surface area contributed by atoms with E-state index >= 15 is 0 Å². The molecule has 4 aromatic heterocycles. The second-order valence-electron chi connectivity index (χ2n) is 10.7. The lowest BCUT2D eigenvalue weighted by Crippen LogP contribution is -1.90. The number of nitro benzene ring substituents is 1. The van der Waals surface area contributed by atoms with Gasteiger partial charge in [0.1, 0.15) is 0 Å². The molecule has 210 valence electrons. The molecule has 0 fully saturated rings. The van der Waals surface area contributed by atoms with Gasteiger partial charge in [0.15, 0.2) is 0 Å². The maximum absolute atomic E-state index is 11.4. The van der Waals surface area contributed by atoms with Crippen molar-refractivity contribution in [2.45, 2.75) is 0 Å². The molecule has 1 aliphatic rings. The van der Waals surface area contributed by atoms with E-state index < -0.39 is 0 Å². The summed E-state index contributed by atoms with van der Waals surface area (Å²) in [4.78, 5) is 27.2. The number of aromatic amines is 3. The number of nitrogens with one attached hydrogen (secondary N) is 3. The zero-order valence-corrected chi connectivity index (χ0v) is 23.4. The lowest BCUT2D eigenvalue weighted by Gasteiger charge is -2.05. The highest BCUT2D eigenvalue weighted by molar-refractivity contribution is 5.99. The monoisotopic (exact) mass is 571 g/mol. The van der Waals surface area contributed by atoms with Crippen molar-refractivity contribution < 1.29 is 4.92 Å². The molecular weight excluding hydrogens is 546 g/mol. The molecule has 0 atom stereocenters. The summed E-state index contributed by atoms with van der Waals surface area (Å²) in [5, 5.41) is 11.4. The maximum atomic E-state index is 11.4. The number of benzene rings is 3. The number of aromatic nitrogens is 4. The van der Waals surface area contributed by atoms with Crippen molar-refractivity contribution in [1.29, 1.82) is 0 Å². The molecule has 7 aromatic rings. The van der Waals surface area contributed by atoms with Gasteiger partial charge in [0.05, 0.1) is 27.3 Å². The van der Waals surface area contributed by atoms with Crippen LogP contribution in [0.25, 0.3) is 78.6 Å². The SMILES string of the molecule is O=[N+]([O-])c1ccc(-c2c3nc(c(-c4ccccc4)c4ccc([nH]4)c4ccc([nH]4)c(-c4ccccc4)c4ccc2[nH]4)C=C3)cc1. The van der Waals surface area contributed by atoms with E-state index in [1.807, 2.05) is 48.6 Å². The molecule has 7 nitrogen and oxygen atoms in total. The van der Waals surface area contributed by atoms with Gasteiger partial charge in [-0.2, -0.15) is 0 Å². The van der Waals surface area contributed by atoms with Crippen LogP contribution in [-0.4, -0.2) is 24.9 Å². The predicted molar refractivity (Wildman–Crippen MR) is 178 cm³/mol. The van der Waals surface area contributed by atoms with Crippen LogP contribution in [0.3, 0.4) is 0 Å². The molecule has 3 aromatic carbocycles. The maximum Gasteiger partial charge on any atom is 0.269 e. The molecule has 0 unspecified atom stereocenters. The van der Waals surface area contributed by atoms with Crippen LogP contribution in [0.15, 0.2) is 121 Å². The number of non-ortho nitro benzene ring substituents is 1. The molecule has 0 amide bonds. The molecule has 5 heterocycles. The summed E-state index contributed by atoms with van der Waals surface area (Å²) in [7, 11) is 0. The zero-order chi connectivity index (χ0) is 29.6. The first kappa shape index (κ1) is 25.5. The largest absolute Gasteiger partial charge is 0.354 e. The van der Waals surface area contributed by atoms with Crippen molar-refractivity contribution in [3.05, 3.63) is 143 Å². The number of hydrogen-bond acceptors (Lipinski definition) is 3. The van der Waals surface area contributed by atoms with Gasteiger partial charge in [-0.25, -0.2) is 4.98 Å². The van der Waals surface area contributed by atoms with E-state index in [1.165, 1.54) is 12.1 Å². The fourth-order valence-corrected chi connectivity index (χ4v) is 6.02. The standard InChI is InChI=1S/C37H25N5O2/c43-42(44)26-13-11-25(12-14-26)37-33-21-19-31(40-33)35(23-7-3-1-4-8-23)29-17-15-27(38-29)28-16-18-30(39-28)36(24-9-5-2-6-10-24)32-20-22-34(37)41-32/h1-22,38-40H. The summed E-state index contributed by atoms with van der Waals surface area (Å²) in [5.74, 6) is 0. The third kappa shape index (κ3) is 4.35. The van der Waals surface area contributed by atoms with Crippen LogP contribution in [0.2, 0.25) is 0 Å². The molecule has 0 radical (unpaired) electrons. The number of rotatable bonds is 4. The lowest BCUT2D eigenvalue weighted by molar-refractivity contribution is -0.384. The van der Waals surface area contributed by atoms with Crippen LogP contribution in [-0.2, 0) is 0 Å². The summed E-state index contributed by atoms with van der Waals surface area (Å²) in [6.07, 6.45) is 4.05. The van der Waals surface area contributed by atoms with Crippen LogP contribution in [0, 0.1) is 10.1 Å². The second-order valence-corrected chi connectivity index (χ2v) is 10.7. The Morgan fingerprint density at radius 2 is 0.841 bits per heavy atom. The van der Waals surface area contributed by atoms with Crippen LogP contribution in [0.1, 0.15) is 11.4 Å². The Hall–Kier alpha value is -6.21. The number of hydrogen-bond donors (Lipinski definition) is 3. The van der Waals surface area contributed by atoms with Crippen molar-refractivity contribution in [3.8, 4) is 33.4 Å². The average Bonchev–Trinajstić information content (AvgIpc) is 3.88. The van der Waals surface area contributed by atoms with Gasteiger partial charge in [0.25, 0.3) is 5.69 Å². The summed E-state index contributed by atoms with van der Waals surface area (Å²) < 4.78 is 0. The molecule has 0 aliphatic carbocycles. The molecule has 0 saturated heterocycles. The van der Waals surface area contributed by atoms with Gasteiger partial charge in [-0.15, -0.1) is 0 Å². The number of nitrogens with zero attached hydrogens (tertiary/aromatic N) is 2. The normalized spacial score (nSPS) is 11.7. The Balaban J connectivity index is 1.54. The smallest absolute Gasteiger partial charge is 0.269 e. The number of fused-ring (bicyclic) bond motifs is 9. The van der Waals surface area contributed by atoms with Crippen molar-refractivity contribution in [3.63, 3.8) is 0 Å². The highest BCUT2D eigenvalue weighted by atomic mass is 16.6. The minimum Gasteiger partial charge on any atom is -0.354 e. The quantitative estimate of drug-likeness (QED) is 0.145. The van der Waals surface area contributed by atoms with Crippen LogP contribution in [0.4, 0.5) is 5.69 Å². The first-order valence-corrected chi connectivity index (χ1v) is 14.3. The van der Waals surface area contributed by atoms with E-state index in [0.29, 0.717) is 0 Å². The van der Waals surface area contributed by atoms with Crippen molar-refractivity contribution in [1.82, 2.24) is 19.9 Å². The fourth-order valence-electron chi connectivity index (χ4n) is 6.02. The third-order valence-corrected chi connectivity index (χ3v) is 8.07. The summed E-state index contributed by atoms with van der Waals surface area (Å²) in [6.45, 7) is 0. The minimum absolute atomic E-state index is 0.0410. The lowest BCUT2D eigenvalue weighted by atomic mass is 10.0. The summed E-state index contributed by atoms with van der Waals surface area (Å²) in [6, 6.07) is 39.7. The molecule has 1 aliphatic heterocycles. The van der Waals surface area contributed by atoms with Gasteiger partial charge < -0.3 is 15.0 Å². The Kier molecular flexibility index (Phi) is 5.94. The predicted octanol–water partition coefficient (Wildman–Crippen LogP) is 9.61. The summed E-state index contributed by atoms with van der Waals surface area (Å²) in [5.41, 5.74) is 13.1. The number of nitro groups is 1. The van der Waals surface area contributed by atoms with Gasteiger partial charge in [-0.3, -0.25) is 10.1 Å². The van der Waals surface area contributed by atoms with E-state index in [9.17, 15) is 10.1 Å². The van der Waals surface area contributed by atoms with Gasteiger partial charge in [0, 0.05) is 50.9 Å². The Morgan fingerprint density at radius 3 is 1.32 bits per heavy atom. The van der Waals surface area contributed by atoms with Crippen molar-refractivity contribution in [2.24, 2.45) is 0 Å². The summed E-state index contributed by atoms with van der Waals surface area (Å²) >= 11 is 0. The molecule has 8 rings (SSSR count). The first-order chi connectivity index (χ1) is 21.6. The van der Waals surface area contributed by atoms with Crippen LogP contribution >= 0.6 is 0 Å². The van der Waals surface area contributed by atoms with Gasteiger partial charge in [0.2, 0.25) is 0 Å². The zero-order valence-electron chi connectivity index (χ0n) is 23.4. The van der Waals surface area contributed by atoms with Gasteiger partial charge >= 0.3 is 0 Å². The molecule has 3 N–H and O–H groups in total. The van der Waals surface area contributed by atoms with Crippen molar-refractivity contribution in [2.75, 3.05) is 0 Å². The molecular formula is C37H25N5O2. The molecule has 0 saturated carbocycles. The fraction of sp³-hybridized carbons (Fsp3) is 0. The van der Waals surface area contributed by atoms with Gasteiger partial charge in [-0.1, -0.05) is 60.7 Å². The molecule has 44 heavy (non-hydrogen) atoms. The average molecular weight is 572 g/mol. The van der Waals surface area contributed by atoms with Crippen LogP contribution < -0.4 is 0 Å². The van der Waals surface area contributed by atoms with E-state index in [2.05, 4.69) is 75.6 Å². The van der Waals surface area contributed by atoms with E-state index in [4.69, 9.17) is 4.98 Å². The minimum atomic E-state index is -0.381. The second kappa shape index (κ2) is 10.3. The van der Waals surface area contributed by atoms with Crippen molar-refractivity contribution >= 4 is 50.9 Å². The highest BCUT2D eigenvalue weighted by Crippen LogP contribution is 2.36. The Morgan fingerprint density at radius 1 is 0.455 bits per heavy atom. The van der Waals surface area contributed by atoms with E-state index in [-0.39, 0.29) is 10.6 Å². The van der Waals surface area contributed by atoms with Gasteiger partial charge in [-0.05, 0) is 77.4 Å². The van der Waals surface area contributed by atoms with Crippen LogP contribution in [0.5, 0.6) is 0 Å². The first-order valence-electron chi connectivity index (χ1n) is 14.3. The molecule has 7 heteroatoms. The topological polar surface area (TPSA) is 103 Å². The Labute approximate surface area is 251 Å². The third-order valence-electron chi connectivity index (χ3n) is 8.07. The molecule has 8 bridgehead atoms. The Bertz CT molecular complexity index is 2350. The molecule has 0 spiro atoms. The highest BCUT2D eigenvalue weighted by Gasteiger charge is 2.17. The van der Waals surface area contributed by atoms with E-state index in [1.54, 1.807) is 12.1 Å². The number of H-pyrrole nitrogens is 3.